The zero-order valence-electron chi connectivity index (χ0n) is 7.57. The van der Waals surface area contributed by atoms with Gasteiger partial charge in [-0.05, 0) is 24.0 Å². The quantitative estimate of drug-likeness (QED) is 0.584. The maximum absolute atomic E-state index is 7.19. The molecule has 1 N–H and O–H groups in total. The third kappa shape index (κ3) is 3.00. The summed E-state index contributed by atoms with van der Waals surface area (Å²) in [6.07, 6.45) is 3.91. The Morgan fingerprint density at radius 1 is 1.40 bits per heavy atom. The lowest BCUT2D eigenvalue weighted by Crippen LogP contribution is -2.21. The summed E-state index contributed by atoms with van der Waals surface area (Å²) >= 11 is 0. The van der Waals surface area contributed by atoms with Crippen LogP contribution in [0.4, 0.5) is 0 Å². The van der Waals surface area contributed by atoms with Gasteiger partial charge in [-0.1, -0.05) is 34.1 Å². The van der Waals surface area contributed by atoms with E-state index in [2.05, 4.69) is 27.7 Å². The lowest BCUT2D eigenvalue weighted by molar-refractivity contribution is 0.300. The molecule has 0 saturated heterocycles. The molecule has 0 saturated carbocycles. The number of hydrogen-bond acceptors (Lipinski definition) is 1. The van der Waals surface area contributed by atoms with E-state index in [1.54, 1.807) is 6.21 Å². The largest absolute Gasteiger partial charge is 0.313 e. The fourth-order valence-corrected chi connectivity index (χ4v) is 1.08. The Morgan fingerprint density at radius 3 is 2.00 bits per heavy atom. The van der Waals surface area contributed by atoms with Crippen LogP contribution >= 0.6 is 0 Å². The van der Waals surface area contributed by atoms with Crippen LogP contribution in [0.3, 0.4) is 0 Å². The van der Waals surface area contributed by atoms with E-state index in [4.69, 9.17) is 5.41 Å². The van der Waals surface area contributed by atoms with Crippen LogP contribution in [0.1, 0.15) is 40.5 Å². The van der Waals surface area contributed by atoms with E-state index in [-0.39, 0.29) is 5.41 Å². The van der Waals surface area contributed by atoms with Crippen LogP contribution in [0.25, 0.3) is 0 Å². The van der Waals surface area contributed by atoms with Crippen molar-refractivity contribution in [2.24, 2.45) is 11.3 Å². The molecular weight excluding hydrogens is 122 g/mol. The third-order valence-corrected chi connectivity index (χ3v) is 1.91. The molecule has 0 spiro atoms. The Kier molecular flexibility index (Phi) is 3.62. The highest BCUT2D eigenvalue weighted by Gasteiger charge is 2.20. The molecule has 0 aromatic heterocycles. The molecule has 0 aromatic rings. The fraction of sp³-hybridized carbons (Fsp3) is 0.889. The molecular formula is C9H19N. The van der Waals surface area contributed by atoms with E-state index in [0.717, 1.165) is 6.42 Å². The van der Waals surface area contributed by atoms with E-state index in [1.807, 2.05) is 0 Å². The summed E-state index contributed by atoms with van der Waals surface area (Å²) < 4.78 is 0. The van der Waals surface area contributed by atoms with Crippen molar-refractivity contribution in [3.05, 3.63) is 0 Å². The van der Waals surface area contributed by atoms with Gasteiger partial charge in [0.15, 0.2) is 0 Å². The van der Waals surface area contributed by atoms with Gasteiger partial charge in [-0.3, -0.25) is 0 Å². The number of hydrogen-bond donors (Lipinski definition) is 1. The second kappa shape index (κ2) is 3.75. The highest BCUT2D eigenvalue weighted by atomic mass is 14.4. The smallest absolute Gasteiger partial charge is 0.00115 e. The lowest BCUT2D eigenvalue weighted by Gasteiger charge is -2.26. The van der Waals surface area contributed by atoms with Gasteiger partial charge in [0.05, 0.1) is 0 Å². The molecule has 0 amide bonds. The summed E-state index contributed by atoms with van der Waals surface area (Å²) in [7, 11) is 0. The van der Waals surface area contributed by atoms with Gasteiger partial charge >= 0.3 is 0 Å². The molecule has 0 aromatic carbocycles. The molecule has 0 aliphatic rings. The second-order valence-electron chi connectivity index (χ2n) is 3.93. The molecule has 1 atom stereocenters. The molecule has 1 unspecified atom stereocenters. The summed E-state index contributed by atoms with van der Waals surface area (Å²) in [4.78, 5) is 0. The van der Waals surface area contributed by atoms with Crippen molar-refractivity contribution >= 4 is 6.21 Å². The topological polar surface area (TPSA) is 23.9 Å². The maximum Gasteiger partial charge on any atom is -0.00115 e. The Hall–Kier alpha value is -0.330. The first-order chi connectivity index (χ1) is 4.52. The average molecular weight is 141 g/mol. The number of rotatable bonds is 3. The SMILES string of the molecule is CCCC(C=N)C(C)(C)C. The van der Waals surface area contributed by atoms with Crippen LogP contribution in [0.2, 0.25) is 0 Å². The van der Waals surface area contributed by atoms with Gasteiger partial charge in [0, 0.05) is 0 Å². The zero-order valence-corrected chi connectivity index (χ0v) is 7.57. The van der Waals surface area contributed by atoms with Crippen LogP contribution in [-0.2, 0) is 0 Å². The maximum atomic E-state index is 7.19. The minimum absolute atomic E-state index is 0.276. The highest BCUT2D eigenvalue weighted by molar-refractivity contribution is 5.57. The number of nitrogens with one attached hydrogen (secondary N) is 1. The van der Waals surface area contributed by atoms with Crippen LogP contribution in [0.15, 0.2) is 0 Å². The van der Waals surface area contributed by atoms with Gasteiger partial charge in [-0.25, -0.2) is 0 Å². The molecule has 0 rings (SSSR count). The first kappa shape index (κ1) is 9.67. The fourth-order valence-electron chi connectivity index (χ4n) is 1.08. The van der Waals surface area contributed by atoms with E-state index in [0.29, 0.717) is 5.92 Å². The predicted octanol–water partition coefficient (Wildman–Crippen LogP) is 3.10. The summed E-state index contributed by atoms with van der Waals surface area (Å²) in [6, 6.07) is 0. The van der Waals surface area contributed by atoms with Crippen molar-refractivity contribution in [2.45, 2.75) is 40.5 Å². The summed E-state index contributed by atoms with van der Waals surface area (Å²) in [5.41, 5.74) is 0.276. The highest BCUT2D eigenvalue weighted by Crippen LogP contribution is 2.27. The first-order valence-corrected chi connectivity index (χ1v) is 4.03. The van der Waals surface area contributed by atoms with Crippen molar-refractivity contribution in [1.29, 1.82) is 5.41 Å². The molecule has 0 bridgehead atoms. The summed E-state index contributed by atoms with van der Waals surface area (Å²) in [6.45, 7) is 8.75. The van der Waals surface area contributed by atoms with Crippen molar-refractivity contribution in [2.75, 3.05) is 0 Å². The van der Waals surface area contributed by atoms with Gasteiger partial charge in [0.1, 0.15) is 0 Å². The third-order valence-electron chi connectivity index (χ3n) is 1.91. The monoisotopic (exact) mass is 141 g/mol. The molecule has 60 valence electrons. The van der Waals surface area contributed by atoms with Gasteiger partial charge in [0.2, 0.25) is 0 Å². The Balaban J connectivity index is 3.93. The predicted molar refractivity (Wildman–Crippen MR) is 46.6 cm³/mol. The molecule has 0 aliphatic heterocycles. The Bertz CT molecular complexity index is 99.8. The molecule has 1 heteroatoms. The Labute approximate surface area is 64.3 Å². The van der Waals surface area contributed by atoms with Crippen LogP contribution in [0, 0.1) is 16.7 Å². The van der Waals surface area contributed by atoms with E-state index in [1.165, 1.54) is 6.42 Å². The van der Waals surface area contributed by atoms with E-state index in [9.17, 15) is 0 Å². The molecule has 0 heterocycles. The zero-order chi connectivity index (χ0) is 8.20. The van der Waals surface area contributed by atoms with Gasteiger partial charge in [-0.15, -0.1) is 0 Å². The first-order valence-electron chi connectivity index (χ1n) is 4.03. The normalized spacial score (nSPS) is 14.8. The molecule has 1 nitrogen and oxygen atoms in total. The van der Waals surface area contributed by atoms with Crippen LogP contribution in [-0.4, -0.2) is 6.21 Å². The second-order valence-corrected chi connectivity index (χ2v) is 3.93. The molecule has 0 radical (unpaired) electrons. The molecule has 0 aliphatic carbocycles. The molecule has 0 fully saturated rings. The van der Waals surface area contributed by atoms with Crippen molar-refractivity contribution in [3.8, 4) is 0 Å². The van der Waals surface area contributed by atoms with Gasteiger partial charge in [0.25, 0.3) is 0 Å². The van der Waals surface area contributed by atoms with Crippen LogP contribution < -0.4 is 0 Å². The lowest BCUT2D eigenvalue weighted by atomic mass is 9.79. The average Bonchev–Trinajstić information content (AvgIpc) is 1.80. The van der Waals surface area contributed by atoms with E-state index < -0.39 is 0 Å². The Morgan fingerprint density at radius 2 is 1.90 bits per heavy atom. The van der Waals surface area contributed by atoms with Gasteiger partial charge < -0.3 is 5.41 Å². The minimum atomic E-state index is 0.276. The van der Waals surface area contributed by atoms with E-state index >= 15 is 0 Å². The summed E-state index contributed by atoms with van der Waals surface area (Å²) in [5.74, 6) is 0.456. The van der Waals surface area contributed by atoms with Crippen molar-refractivity contribution in [1.82, 2.24) is 0 Å². The summed E-state index contributed by atoms with van der Waals surface area (Å²) in [5, 5.41) is 7.19. The minimum Gasteiger partial charge on any atom is -0.313 e. The van der Waals surface area contributed by atoms with Crippen molar-refractivity contribution < 1.29 is 0 Å². The van der Waals surface area contributed by atoms with Crippen LogP contribution in [0.5, 0.6) is 0 Å². The molecule has 10 heavy (non-hydrogen) atoms. The van der Waals surface area contributed by atoms with Crippen molar-refractivity contribution in [3.63, 3.8) is 0 Å². The van der Waals surface area contributed by atoms with Gasteiger partial charge in [-0.2, -0.15) is 0 Å². The standard InChI is InChI=1S/C9H19N/c1-5-6-8(7-10)9(2,3)4/h7-8,10H,5-6H2,1-4H3.